The molecule has 0 radical (unpaired) electrons. The SMILES string of the molecule is C#CCOc1ccc2nc(C(=O)Nc3cc(C)[nH]n3)nc(-c3ccc(C(C)C)cc3)c2c1. The van der Waals surface area contributed by atoms with Crippen LogP contribution in [0.1, 0.15) is 41.6 Å². The number of fused-ring (bicyclic) bond motifs is 1. The van der Waals surface area contributed by atoms with Crippen LogP contribution in [0.4, 0.5) is 5.82 Å². The Kier molecular flexibility index (Phi) is 5.86. The summed E-state index contributed by atoms with van der Waals surface area (Å²) in [6.45, 7) is 6.30. The van der Waals surface area contributed by atoms with E-state index in [9.17, 15) is 4.79 Å². The number of aromatic nitrogens is 4. The first kappa shape index (κ1) is 21.1. The van der Waals surface area contributed by atoms with Gasteiger partial charge in [-0.1, -0.05) is 44.0 Å². The molecular formula is C25H23N5O2. The van der Waals surface area contributed by atoms with Crippen LogP contribution in [0.3, 0.4) is 0 Å². The molecule has 0 atom stereocenters. The molecule has 0 bridgehead atoms. The van der Waals surface area contributed by atoms with Crippen LogP contribution in [0.25, 0.3) is 22.2 Å². The third-order valence-corrected chi connectivity index (χ3v) is 4.99. The van der Waals surface area contributed by atoms with Crippen molar-refractivity contribution in [3.8, 4) is 29.4 Å². The normalized spacial score (nSPS) is 10.8. The van der Waals surface area contributed by atoms with Crippen LogP contribution in [-0.4, -0.2) is 32.7 Å². The summed E-state index contributed by atoms with van der Waals surface area (Å²) in [7, 11) is 0. The molecule has 2 aromatic carbocycles. The summed E-state index contributed by atoms with van der Waals surface area (Å²) in [6.07, 6.45) is 5.31. The van der Waals surface area contributed by atoms with Crippen LogP contribution in [-0.2, 0) is 0 Å². The summed E-state index contributed by atoms with van der Waals surface area (Å²) in [5.41, 5.74) is 4.20. The fraction of sp³-hybridized carbons (Fsp3) is 0.200. The van der Waals surface area contributed by atoms with Crippen molar-refractivity contribution in [1.29, 1.82) is 0 Å². The highest BCUT2D eigenvalue weighted by Gasteiger charge is 2.17. The summed E-state index contributed by atoms with van der Waals surface area (Å²) in [5, 5.41) is 10.3. The molecule has 0 fully saturated rings. The number of hydrogen-bond donors (Lipinski definition) is 2. The highest BCUT2D eigenvalue weighted by molar-refractivity contribution is 6.04. The van der Waals surface area contributed by atoms with Gasteiger partial charge in [-0.05, 0) is 36.6 Å². The number of hydrogen-bond acceptors (Lipinski definition) is 5. The van der Waals surface area contributed by atoms with Gasteiger partial charge in [-0.3, -0.25) is 9.89 Å². The van der Waals surface area contributed by atoms with Crippen LogP contribution >= 0.6 is 0 Å². The Balaban J connectivity index is 1.80. The maximum atomic E-state index is 12.9. The number of H-pyrrole nitrogens is 1. The molecule has 7 heteroatoms. The number of carbonyl (C=O) groups excluding carboxylic acids is 1. The Hall–Kier alpha value is -4.18. The van der Waals surface area contributed by atoms with E-state index in [-0.39, 0.29) is 12.4 Å². The molecule has 0 saturated heterocycles. The number of terminal acetylenes is 1. The molecule has 0 saturated carbocycles. The Morgan fingerprint density at radius 3 is 2.59 bits per heavy atom. The third kappa shape index (κ3) is 4.44. The largest absolute Gasteiger partial charge is 0.481 e. The number of anilines is 1. The van der Waals surface area contributed by atoms with Crippen molar-refractivity contribution in [2.75, 3.05) is 11.9 Å². The van der Waals surface area contributed by atoms with E-state index in [2.05, 4.69) is 57.4 Å². The molecule has 160 valence electrons. The molecule has 4 rings (SSSR count). The van der Waals surface area contributed by atoms with E-state index in [1.807, 2.05) is 25.1 Å². The van der Waals surface area contributed by atoms with Crippen molar-refractivity contribution < 1.29 is 9.53 Å². The molecule has 0 aliphatic rings. The quantitative estimate of drug-likeness (QED) is 0.436. The number of rotatable bonds is 6. The summed E-state index contributed by atoms with van der Waals surface area (Å²) in [6, 6.07) is 15.3. The van der Waals surface area contributed by atoms with E-state index in [0.717, 1.165) is 16.6 Å². The van der Waals surface area contributed by atoms with Gasteiger partial charge in [0.25, 0.3) is 5.91 Å². The monoisotopic (exact) mass is 425 g/mol. The van der Waals surface area contributed by atoms with Gasteiger partial charge in [0.15, 0.2) is 5.82 Å². The predicted molar refractivity (Wildman–Crippen MR) is 125 cm³/mol. The van der Waals surface area contributed by atoms with E-state index in [1.165, 1.54) is 5.56 Å². The van der Waals surface area contributed by atoms with E-state index in [0.29, 0.717) is 28.7 Å². The van der Waals surface area contributed by atoms with E-state index in [4.69, 9.17) is 11.2 Å². The number of benzene rings is 2. The van der Waals surface area contributed by atoms with E-state index >= 15 is 0 Å². The van der Waals surface area contributed by atoms with Crippen LogP contribution < -0.4 is 10.1 Å². The predicted octanol–water partition coefficient (Wildman–Crippen LogP) is 4.72. The molecule has 4 aromatic rings. The van der Waals surface area contributed by atoms with Gasteiger partial charge in [0, 0.05) is 22.7 Å². The zero-order chi connectivity index (χ0) is 22.7. The highest BCUT2D eigenvalue weighted by Crippen LogP contribution is 2.30. The average molecular weight is 425 g/mol. The minimum atomic E-state index is -0.439. The molecule has 0 aliphatic heterocycles. The lowest BCUT2D eigenvalue weighted by Gasteiger charge is -2.12. The molecule has 7 nitrogen and oxygen atoms in total. The van der Waals surface area contributed by atoms with E-state index in [1.54, 1.807) is 18.2 Å². The minimum Gasteiger partial charge on any atom is -0.481 e. The zero-order valence-electron chi connectivity index (χ0n) is 18.1. The number of nitrogens with zero attached hydrogens (tertiary/aromatic N) is 3. The van der Waals surface area contributed by atoms with Gasteiger partial charge in [0.2, 0.25) is 5.82 Å². The number of aryl methyl sites for hydroxylation is 1. The maximum absolute atomic E-state index is 12.9. The first-order valence-electron chi connectivity index (χ1n) is 10.3. The van der Waals surface area contributed by atoms with Gasteiger partial charge in [0.05, 0.1) is 11.2 Å². The van der Waals surface area contributed by atoms with Crippen LogP contribution in [0.5, 0.6) is 5.75 Å². The van der Waals surface area contributed by atoms with Crippen LogP contribution in [0.15, 0.2) is 48.5 Å². The average Bonchev–Trinajstić information content (AvgIpc) is 3.21. The van der Waals surface area contributed by atoms with Crippen molar-refractivity contribution >= 4 is 22.6 Å². The molecule has 0 aliphatic carbocycles. The molecular weight excluding hydrogens is 402 g/mol. The van der Waals surface area contributed by atoms with Gasteiger partial charge >= 0.3 is 0 Å². The number of nitrogens with one attached hydrogen (secondary N) is 2. The fourth-order valence-electron chi connectivity index (χ4n) is 3.32. The van der Waals surface area contributed by atoms with Gasteiger partial charge in [0.1, 0.15) is 12.4 Å². The van der Waals surface area contributed by atoms with Crippen molar-refractivity contribution in [2.45, 2.75) is 26.7 Å². The topological polar surface area (TPSA) is 92.8 Å². The van der Waals surface area contributed by atoms with Gasteiger partial charge < -0.3 is 10.1 Å². The molecule has 2 N–H and O–H groups in total. The molecule has 0 spiro atoms. The maximum Gasteiger partial charge on any atom is 0.294 e. The van der Waals surface area contributed by atoms with Crippen molar-refractivity contribution in [1.82, 2.24) is 20.2 Å². The Morgan fingerprint density at radius 2 is 1.94 bits per heavy atom. The number of ether oxygens (including phenoxy) is 1. The Morgan fingerprint density at radius 1 is 1.16 bits per heavy atom. The van der Waals surface area contributed by atoms with Gasteiger partial charge in [-0.15, -0.1) is 6.42 Å². The lowest BCUT2D eigenvalue weighted by molar-refractivity contribution is 0.101. The van der Waals surface area contributed by atoms with Crippen LogP contribution in [0, 0.1) is 19.3 Å². The third-order valence-electron chi connectivity index (χ3n) is 4.99. The molecule has 2 aromatic heterocycles. The van der Waals surface area contributed by atoms with Crippen molar-refractivity contribution in [3.05, 3.63) is 65.6 Å². The van der Waals surface area contributed by atoms with Crippen molar-refractivity contribution in [3.63, 3.8) is 0 Å². The minimum absolute atomic E-state index is 0.0541. The Bertz CT molecular complexity index is 1320. The van der Waals surface area contributed by atoms with E-state index < -0.39 is 5.91 Å². The summed E-state index contributed by atoms with van der Waals surface area (Å²) in [5.74, 6) is 3.52. The highest BCUT2D eigenvalue weighted by atomic mass is 16.5. The first-order valence-corrected chi connectivity index (χ1v) is 10.3. The van der Waals surface area contributed by atoms with Crippen molar-refractivity contribution in [2.24, 2.45) is 0 Å². The molecule has 32 heavy (non-hydrogen) atoms. The molecule has 0 unspecified atom stereocenters. The second-order valence-corrected chi connectivity index (χ2v) is 7.73. The standard InChI is InChI=1S/C25H23N5O2/c1-5-12-32-19-10-11-21-20(14-19)23(18-8-6-17(7-9-18)15(2)3)28-24(26-21)25(31)27-22-13-16(4)29-30-22/h1,6-11,13-15H,12H2,2-4H3,(H2,27,29,30,31). The lowest BCUT2D eigenvalue weighted by Crippen LogP contribution is -2.16. The zero-order valence-corrected chi connectivity index (χ0v) is 18.1. The molecule has 2 heterocycles. The summed E-state index contributed by atoms with van der Waals surface area (Å²) < 4.78 is 5.58. The second kappa shape index (κ2) is 8.90. The van der Waals surface area contributed by atoms with Crippen LogP contribution in [0.2, 0.25) is 0 Å². The summed E-state index contributed by atoms with van der Waals surface area (Å²) >= 11 is 0. The lowest BCUT2D eigenvalue weighted by atomic mass is 9.99. The number of amides is 1. The number of carbonyl (C=O) groups is 1. The van der Waals surface area contributed by atoms with Gasteiger partial charge in [-0.2, -0.15) is 5.10 Å². The van der Waals surface area contributed by atoms with Gasteiger partial charge in [-0.25, -0.2) is 9.97 Å². The number of aromatic amines is 1. The fourth-order valence-corrected chi connectivity index (χ4v) is 3.32. The smallest absolute Gasteiger partial charge is 0.294 e. The Labute approximate surface area is 186 Å². The molecule has 1 amide bonds. The second-order valence-electron chi connectivity index (χ2n) is 7.73. The summed E-state index contributed by atoms with van der Waals surface area (Å²) in [4.78, 5) is 22.0. The first-order chi connectivity index (χ1) is 15.4.